The van der Waals surface area contributed by atoms with E-state index in [0.717, 1.165) is 43.4 Å². The second kappa shape index (κ2) is 5.89. The largest absolute Gasteiger partial charge is 0.332 e. The van der Waals surface area contributed by atoms with Crippen LogP contribution in [0.25, 0.3) is 0 Å². The average Bonchev–Trinajstić information content (AvgIpc) is 3.28. The summed E-state index contributed by atoms with van der Waals surface area (Å²) < 4.78 is 3.14. The van der Waals surface area contributed by atoms with Gasteiger partial charge in [-0.2, -0.15) is 10.2 Å². The molecule has 2 aromatic heterocycles. The van der Waals surface area contributed by atoms with E-state index in [0.29, 0.717) is 18.8 Å². The van der Waals surface area contributed by atoms with E-state index < -0.39 is 0 Å². The van der Waals surface area contributed by atoms with E-state index in [9.17, 15) is 9.59 Å². The van der Waals surface area contributed by atoms with E-state index in [1.54, 1.807) is 34.7 Å². The van der Waals surface area contributed by atoms with Crippen LogP contribution in [0.4, 0.5) is 0 Å². The van der Waals surface area contributed by atoms with Crippen molar-refractivity contribution in [3.63, 3.8) is 0 Å². The van der Waals surface area contributed by atoms with E-state index in [1.807, 2.05) is 4.90 Å². The molecule has 3 heterocycles. The van der Waals surface area contributed by atoms with Crippen molar-refractivity contribution in [1.82, 2.24) is 24.5 Å². The molecule has 0 saturated carbocycles. The van der Waals surface area contributed by atoms with Gasteiger partial charge in [0, 0.05) is 25.9 Å². The molecule has 1 fully saturated rings. The van der Waals surface area contributed by atoms with Crippen molar-refractivity contribution in [3.05, 3.63) is 45.6 Å². The molecule has 1 aliphatic heterocycles. The van der Waals surface area contributed by atoms with Crippen LogP contribution < -0.4 is 5.56 Å². The van der Waals surface area contributed by atoms with Gasteiger partial charge in [0.05, 0.1) is 18.3 Å². The Morgan fingerprint density at radius 2 is 2.21 bits per heavy atom. The van der Waals surface area contributed by atoms with E-state index in [2.05, 4.69) is 10.2 Å². The van der Waals surface area contributed by atoms with Gasteiger partial charge >= 0.3 is 0 Å². The fourth-order valence-electron chi connectivity index (χ4n) is 3.79. The number of nitrogens with zero attached hydrogens (tertiary/aromatic N) is 5. The van der Waals surface area contributed by atoms with Crippen molar-refractivity contribution >= 4 is 5.91 Å². The summed E-state index contributed by atoms with van der Waals surface area (Å²) in [5, 5.41) is 8.61. The van der Waals surface area contributed by atoms with Gasteiger partial charge < -0.3 is 4.90 Å². The Balaban J connectivity index is 1.57. The summed E-state index contributed by atoms with van der Waals surface area (Å²) in [5.41, 5.74) is 2.65. The molecule has 2 aliphatic rings. The zero-order valence-electron chi connectivity index (χ0n) is 13.8. The lowest BCUT2D eigenvalue weighted by Gasteiger charge is -2.25. The predicted octanol–water partition coefficient (Wildman–Crippen LogP) is 0.770. The quantitative estimate of drug-likeness (QED) is 0.835. The zero-order chi connectivity index (χ0) is 16.7. The first kappa shape index (κ1) is 15.1. The summed E-state index contributed by atoms with van der Waals surface area (Å²) in [5.74, 6) is -0.0216. The molecule has 0 radical (unpaired) electrons. The van der Waals surface area contributed by atoms with E-state index in [-0.39, 0.29) is 17.5 Å². The van der Waals surface area contributed by atoms with Crippen LogP contribution in [0.2, 0.25) is 0 Å². The minimum absolute atomic E-state index is 0.0112. The van der Waals surface area contributed by atoms with Crippen molar-refractivity contribution in [1.29, 1.82) is 0 Å². The van der Waals surface area contributed by atoms with Gasteiger partial charge in [0.15, 0.2) is 0 Å². The molecular weight excluding hydrogens is 306 g/mol. The monoisotopic (exact) mass is 327 g/mol. The first-order chi connectivity index (χ1) is 11.6. The third-order valence-corrected chi connectivity index (χ3v) is 5.09. The lowest BCUT2D eigenvalue weighted by atomic mass is 10.2. The summed E-state index contributed by atoms with van der Waals surface area (Å²) >= 11 is 0. The van der Waals surface area contributed by atoms with Crippen LogP contribution in [0.5, 0.6) is 0 Å². The van der Waals surface area contributed by atoms with Crippen molar-refractivity contribution in [2.45, 2.75) is 44.7 Å². The van der Waals surface area contributed by atoms with Gasteiger partial charge in [0.25, 0.3) is 11.5 Å². The predicted molar refractivity (Wildman–Crippen MR) is 87.8 cm³/mol. The standard InChI is InChI=1S/C17H21N5O2/c1-20-15(7-8-18-20)17(24)21-9-3-5-13(21)11-22-16(23)10-12-4-2-6-14(12)19-22/h7-8,10,13H,2-6,9,11H2,1H3. The van der Waals surface area contributed by atoms with Gasteiger partial charge in [0.2, 0.25) is 0 Å². The Hall–Kier alpha value is -2.44. The van der Waals surface area contributed by atoms with Gasteiger partial charge in [-0.25, -0.2) is 4.68 Å². The van der Waals surface area contributed by atoms with Gasteiger partial charge in [-0.1, -0.05) is 0 Å². The highest BCUT2D eigenvalue weighted by Crippen LogP contribution is 2.22. The minimum Gasteiger partial charge on any atom is -0.332 e. The highest BCUT2D eigenvalue weighted by molar-refractivity contribution is 5.92. The molecule has 0 spiro atoms. The van der Waals surface area contributed by atoms with Crippen molar-refractivity contribution in [3.8, 4) is 0 Å². The maximum absolute atomic E-state index is 12.8. The summed E-state index contributed by atoms with van der Waals surface area (Å²) in [6, 6.07) is 3.46. The molecule has 1 atom stereocenters. The maximum Gasteiger partial charge on any atom is 0.272 e. The number of fused-ring (bicyclic) bond motifs is 1. The Kier molecular flexibility index (Phi) is 3.70. The van der Waals surface area contributed by atoms with E-state index >= 15 is 0 Å². The fraction of sp³-hybridized carbons (Fsp3) is 0.529. The fourth-order valence-corrected chi connectivity index (χ4v) is 3.79. The van der Waals surface area contributed by atoms with Crippen LogP contribution in [0.15, 0.2) is 23.1 Å². The van der Waals surface area contributed by atoms with Crippen LogP contribution in [0.1, 0.15) is 41.0 Å². The topological polar surface area (TPSA) is 73.0 Å². The number of hydrogen-bond acceptors (Lipinski definition) is 4. The lowest BCUT2D eigenvalue weighted by molar-refractivity contribution is 0.0709. The number of rotatable bonds is 3. The molecule has 1 amide bonds. The number of likely N-dealkylation sites (tertiary alicyclic amines) is 1. The average molecular weight is 327 g/mol. The zero-order valence-corrected chi connectivity index (χ0v) is 13.8. The molecule has 0 aromatic carbocycles. The normalized spacial score (nSPS) is 19.7. The molecule has 1 saturated heterocycles. The maximum atomic E-state index is 12.8. The van der Waals surface area contributed by atoms with Gasteiger partial charge in [-0.15, -0.1) is 0 Å². The van der Waals surface area contributed by atoms with Crippen LogP contribution in [-0.4, -0.2) is 43.0 Å². The van der Waals surface area contributed by atoms with Crippen molar-refractivity contribution in [2.75, 3.05) is 6.54 Å². The molecule has 0 bridgehead atoms. The number of carbonyl (C=O) groups is 1. The number of aryl methyl sites for hydroxylation is 3. The molecule has 7 nitrogen and oxygen atoms in total. The number of hydrogen-bond donors (Lipinski definition) is 0. The summed E-state index contributed by atoms with van der Waals surface area (Å²) in [6.45, 7) is 1.18. The smallest absolute Gasteiger partial charge is 0.272 e. The highest BCUT2D eigenvalue weighted by atomic mass is 16.2. The Morgan fingerprint density at radius 1 is 1.33 bits per heavy atom. The molecule has 24 heavy (non-hydrogen) atoms. The lowest BCUT2D eigenvalue weighted by Crippen LogP contribution is -2.41. The Bertz CT molecular complexity index is 838. The summed E-state index contributed by atoms with van der Waals surface area (Å²) in [4.78, 5) is 26.9. The SMILES string of the molecule is Cn1nccc1C(=O)N1CCCC1Cn1nc2c(cc1=O)CCC2. The molecule has 1 unspecified atom stereocenters. The van der Waals surface area contributed by atoms with Crippen molar-refractivity contribution in [2.24, 2.45) is 7.05 Å². The van der Waals surface area contributed by atoms with Crippen LogP contribution in [-0.2, 0) is 26.4 Å². The van der Waals surface area contributed by atoms with Gasteiger partial charge in [0.1, 0.15) is 5.69 Å². The number of aromatic nitrogens is 4. The van der Waals surface area contributed by atoms with E-state index in [1.165, 1.54) is 0 Å². The minimum atomic E-state index is -0.0597. The summed E-state index contributed by atoms with van der Waals surface area (Å²) in [6.07, 6.45) is 6.44. The second-order valence-corrected chi connectivity index (χ2v) is 6.62. The first-order valence-electron chi connectivity index (χ1n) is 8.52. The third-order valence-electron chi connectivity index (χ3n) is 5.09. The Morgan fingerprint density at radius 3 is 3.00 bits per heavy atom. The molecule has 4 rings (SSSR count). The Labute approximate surface area is 139 Å². The molecule has 126 valence electrons. The number of carbonyl (C=O) groups excluding carboxylic acids is 1. The van der Waals surface area contributed by atoms with Crippen LogP contribution in [0.3, 0.4) is 0 Å². The van der Waals surface area contributed by atoms with Crippen LogP contribution >= 0.6 is 0 Å². The molecule has 2 aromatic rings. The first-order valence-corrected chi connectivity index (χ1v) is 8.52. The van der Waals surface area contributed by atoms with Gasteiger partial charge in [-0.05, 0) is 43.7 Å². The van der Waals surface area contributed by atoms with Crippen molar-refractivity contribution < 1.29 is 4.79 Å². The number of amides is 1. The van der Waals surface area contributed by atoms with E-state index in [4.69, 9.17) is 0 Å². The highest BCUT2D eigenvalue weighted by Gasteiger charge is 2.31. The second-order valence-electron chi connectivity index (χ2n) is 6.62. The molecular formula is C17H21N5O2. The van der Waals surface area contributed by atoms with Crippen LogP contribution in [0, 0.1) is 0 Å². The molecule has 1 aliphatic carbocycles. The molecule has 7 heteroatoms. The third kappa shape index (κ3) is 2.53. The molecule has 0 N–H and O–H groups in total. The van der Waals surface area contributed by atoms with Gasteiger partial charge in [-0.3, -0.25) is 14.3 Å². The summed E-state index contributed by atoms with van der Waals surface area (Å²) in [7, 11) is 1.77.